The van der Waals surface area contributed by atoms with Crippen LogP contribution >= 0.6 is 11.6 Å². The van der Waals surface area contributed by atoms with Gasteiger partial charge in [0.1, 0.15) is 5.69 Å². The number of nitro groups is 1. The molecule has 3 rings (SSSR count). The number of aromatic amines is 1. The van der Waals surface area contributed by atoms with Crippen LogP contribution in [-0.2, 0) is 4.79 Å². The molecule has 7 nitrogen and oxygen atoms in total. The zero-order valence-electron chi connectivity index (χ0n) is 13.0. The maximum atomic E-state index is 12.8. The highest BCUT2D eigenvalue weighted by Crippen LogP contribution is 2.31. The van der Waals surface area contributed by atoms with Crippen LogP contribution in [0, 0.1) is 10.1 Å². The van der Waals surface area contributed by atoms with Crippen LogP contribution in [0.2, 0.25) is 5.02 Å². The maximum absolute atomic E-state index is 12.8. The van der Waals surface area contributed by atoms with E-state index >= 15 is 0 Å². The fourth-order valence-corrected chi connectivity index (χ4v) is 2.72. The number of anilines is 1. The number of non-ortho nitro benzene ring substituents is 1. The van der Waals surface area contributed by atoms with Crippen molar-refractivity contribution in [3.05, 3.63) is 68.9 Å². The highest BCUT2D eigenvalue weighted by molar-refractivity contribution is 6.31. The largest absolute Gasteiger partial charge is 0.350 e. The van der Waals surface area contributed by atoms with Gasteiger partial charge in [0.25, 0.3) is 5.69 Å². The number of H-pyrrole nitrogens is 1. The van der Waals surface area contributed by atoms with Crippen LogP contribution in [0.15, 0.2) is 42.5 Å². The van der Waals surface area contributed by atoms with Crippen molar-refractivity contribution in [2.24, 2.45) is 0 Å². The first kappa shape index (κ1) is 16.7. The van der Waals surface area contributed by atoms with E-state index in [-0.39, 0.29) is 22.9 Å². The van der Waals surface area contributed by atoms with Crippen molar-refractivity contribution in [3.8, 4) is 0 Å². The predicted octanol–water partition coefficient (Wildman–Crippen LogP) is 3.92. The molecule has 0 saturated carbocycles. The van der Waals surface area contributed by atoms with Crippen molar-refractivity contribution in [1.82, 2.24) is 4.98 Å². The lowest BCUT2D eigenvalue weighted by Gasteiger charge is -2.05. The van der Waals surface area contributed by atoms with E-state index in [1.54, 1.807) is 18.2 Å². The minimum Gasteiger partial charge on any atom is -0.350 e. The van der Waals surface area contributed by atoms with E-state index in [1.165, 1.54) is 31.2 Å². The number of nitrogens with one attached hydrogen (secondary N) is 2. The Morgan fingerprint density at radius 1 is 1.20 bits per heavy atom. The van der Waals surface area contributed by atoms with Crippen LogP contribution in [-0.4, -0.2) is 21.6 Å². The molecular weight excluding hydrogens is 346 g/mol. The molecule has 0 fully saturated rings. The Bertz CT molecular complexity index is 1030. The first-order chi connectivity index (χ1) is 11.9. The summed E-state index contributed by atoms with van der Waals surface area (Å²) in [5.74, 6) is -0.816. The van der Waals surface area contributed by atoms with E-state index in [0.717, 1.165) is 0 Å². The lowest BCUT2D eigenvalue weighted by Crippen LogP contribution is -2.11. The Kier molecular flexibility index (Phi) is 4.24. The van der Waals surface area contributed by atoms with E-state index < -0.39 is 10.7 Å². The number of nitrogens with zero attached hydrogens (tertiary/aromatic N) is 1. The van der Waals surface area contributed by atoms with Gasteiger partial charge >= 0.3 is 0 Å². The third-order valence-corrected chi connectivity index (χ3v) is 3.84. The molecule has 8 heteroatoms. The third-order valence-electron chi connectivity index (χ3n) is 3.61. The van der Waals surface area contributed by atoms with Crippen molar-refractivity contribution < 1.29 is 14.5 Å². The fraction of sp³-hybridized carbons (Fsp3) is 0.0588. The molecule has 25 heavy (non-hydrogen) atoms. The van der Waals surface area contributed by atoms with Gasteiger partial charge in [0, 0.05) is 40.5 Å². The SMILES string of the molecule is CC(=O)Nc1c(C(=O)c2cccc([N+](=O)[O-])c2)[nH]c2cc(Cl)ccc12. The number of ketones is 1. The van der Waals surface area contributed by atoms with Crippen molar-refractivity contribution >= 4 is 45.6 Å². The number of aromatic nitrogens is 1. The van der Waals surface area contributed by atoms with Gasteiger partial charge in [-0.15, -0.1) is 0 Å². The summed E-state index contributed by atoms with van der Waals surface area (Å²) in [7, 11) is 0. The number of halogens is 1. The quantitative estimate of drug-likeness (QED) is 0.419. The standard InChI is InChI=1S/C17H12ClN3O4/c1-9(22)19-15-13-6-5-11(18)8-14(13)20-16(15)17(23)10-3-2-4-12(7-10)21(24)25/h2-8,20H,1H3,(H,19,22). The molecule has 0 bridgehead atoms. The second kappa shape index (κ2) is 6.37. The highest BCUT2D eigenvalue weighted by Gasteiger charge is 2.21. The van der Waals surface area contributed by atoms with Crippen molar-refractivity contribution in [2.45, 2.75) is 6.92 Å². The van der Waals surface area contributed by atoms with Crippen LogP contribution in [0.3, 0.4) is 0 Å². The van der Waals surface area contributed by atoms with Gasteiger partial charge in [0.15, 0.2) is 0 Å². The predicted molar refractivity (Wildman–Crippen MR) is 94.1 cm³/mol. The van der Waals surface area contributed by atoms with Gasteiger partial charge in [-0.25, -0.2) is 0 Å². The number of carbonyl (C=O) groups excluding carboxylic acids is 2. The fourth-order valence-electron chi connectivity index (χ4n) is 2.55. The lowest BCUT2D eigenvalue weighted by atomic mass is 10.1. The minimum absolute atomic E-state index is 0.132. The van der Waals surface area contributed by atoms with Crippen molar-refractivity contribution in [1.29, 1.82) is 0 Å². The molecule has 0 saturated heterocycles. The van der Waals surface area contributed by atoms with Gasteiger partial charge < -0.3 is 10.3 Å². The first-order valence-electron chi connectivity index (χ1n) is 7.25. The number of amides is 1. The third kappa shape index (κ3) is 3.22. The Morgan fingerprint density at radius 3 is 2.64 bits per heavy atom. The molecular formula is C17H12ClN3O4. The van der Waals surface area contributed by atoms with Gasteiger partial charge in [-0.3, -0.25) is 19.7 Å². The van der Waals surface area contributed by atoms with Gasteiger partial charge in [-0.2, -0.15) is 0 Å². The van der Waals surface area contributed by atoms with Gasteiger partial charge in [0.2, 0.25) is 11.7 Å². The molecule has 1 heterocycles. The molecule has 0 atom stereocenters. The van der Waals surface area contributed by atoms with Gasteiger partial charge in [-0.05, 0) is 18.2 Å². The lowest BCUT2D eigenvalue weighted by molar-refractivity contribution is -0.384. The van der Waals surface area contributed by atoms with Gasteiger partial charge in [-0.1, -0.05) is 23.7 Å². The number of benzene rings is 2. The molecule has 0 aliphatic heterocycles. The van der Waals surface area contributed by atoms with Gasteiger partial charge in [0.05, 0.1) is 10.6 Å². The number of nitro benzene ring substituents is 1. The molecule has 3 aromatic rings. The highest BCUT2D eigenvalue weighted by atomic mass is 35.5. The van der Waals surface area contributed by atoms with E-state index in [1.807, 2.05) is 0 Å². The Morgan fingerprint density at radius 2 is 1.96 bits per heavy atom. The zero-order chi connectivity index (χ0) is 18.1. The summed E-state index contributed by atoms with van der Waals surface area (Å²) in [5.41, 5.74) is 0.971. The molecule has 0 unspecified atom stereocenters. The summed E-state index contributed by atoms with van der Waals surface area (Å²) in [6.45, 7) is 1.33. The number of carbonyl (C=O) groups is 2. The van der Waals surface area contributed by atoms with Crippen molar-refractivity contribution in [3.63, 3.8) is 0 Å². The summed E-state index contributed by atoms with van der Waals surface area (Å²) in [4.78, 5) is 37.6. The summed E-state index contributed by atoms with van der Waals surface area (Å²) >= 11 is 5.97. The van der Waals surface area contributed by atoms with E-state index in [2.05, 4.69) is 10.3 Å². The van der Waals surface area contributed by atoms with Crippen LogP contribution < -0.4 is 5.32 Å². The smallest absolute Gasteiger partial charge is 0.270 e. The minimum atomic E-state index is -0.573. The van der Waals surface area contributed by atoms with E-state index in [9.17, 15) is 19.7 Å². The average Bonchev–Trinajstić information content (AvgIpc) is 2.91. The van der Waals surface area contributed by atoms with E-state index in [0.29, 0.717) is 21.6 Å². The van der Waals surface area contributed by atoms with Crippen LogP contribution in [0.1, 0.15) is 23.0 Å². The molecule has 0 radical (unpaired) electrons. The summed E-state index contributed by atoms with van der Waals surface area (Å²) in [6, 6.07) is 10.4. The number of hydrogen-bond acceptors (Lipinski definition) is 4. The first-order valence-corrected chi connectivity index (χ1v) is 7.62. The second-order valence-corrected chi connectivity index (χ2v) is 5.82. The Labute approximate surface area is 146 Å². The normalized spacial score (nSPS) is 10.6. The number of hydrogen-bond donors (Lipinski definition) is 2. The molecule has 2 N–H and O–H groups in total. The topological polar surface area (TPSA) is 105 Å². The zero-order valence-corrected chi connectivity index (χ0v) is 13.8. The maximum Gasteiger partial charge on any atom is 0.270 e. The molecule has 126 valence electrons. The Hall–Kier alpha value is -3.19. The summed E-state index contributed by atoms with van der Waals surface area (Å²) in [6.07, 6.45) is 0. The molecule has 1 amide bonds. The number of fused-ring (bicyclic) bond motifs is 1. The second-order valence-electron chi connectivity index (χ2n) is 5.38. The van der Waals surface area contributed by atoms with Crippen LogP contribution in [0.4, 0.5) is 11.4 Å². The molecule has 0 aliphatic rings. The van der Waals surface area contributed by atoms with Crippen LogP contribution in [0.5, 0.6) is 0 Å². The van der Waals surface area contributed by atoms with Crippen LogP contribution in [0.25, 0.3) is 10.9 Å². The monoisotopic (exact) mass is 357 g/mol. The molecule has 0 spiro atoms. The Balaban J connectivity index is 2.16. The number of rotatable bonds is 4. The van der Waals surface area contributed by atoms with Crippen molar-refractivity contribution in [2.75, 3.05) is 5.32 Å². The molecule has 0 aliphatic carbocycles. The molecule has 2 aromatic carbocycles. The summed E-state index contributed by atoms with van der Waals surface area (Å²) in [5, 5.41) is 14.6. The average molecular weight is 358 g/mol. The molecule has 1 aromatic heterocycles. The van der Waals surface area contributed by atoms with E-state index in [4.69, 9.17) is 11.6 Å². The summed E-state index contributed by atoms with van der Waals surface area (Å²) < 4.78 is 0.